The number of aliphatic hydroxyl groups excluding tert-OH is 1. The first-order valence-corrected chi connectivity index (χ1v) is 11.7. The second kappa shape index (κ2) is 9.25. The smallest absolute Gasteiger partial charge is 0.267 e. The van der Waals surface area contributed by atoms with Crippen molar-refractivity contribution < 1.29 is 18.3 Å². The fourth-order valence-corrected chi connectivity index (χ4v) is 3.87. The van der Waals surface area contributed by atoms with E-state index in [9.17, 15) is 13.5 Å². The minimum Gasteiger partial charge on any atom is -0.477 e. The molecule has 0 bridgehead atoms. The molecule has 2 N–H and O–H groups in total. The number of aryl methyl sites for hydroxylation is 1. The highest BCUT2D eigenvalue weighted by Gasteiger charge is 2.22. The van der Waals surface area contributed by atoms with Crippen molar-refractivity contribution in [3.8, 4) is 17.1 Å². The van der Waals surface area contributed by atoms with Gasteiger partial charge in [-0.15, -0.1) is 0 Å². The third kappa shape index (κ3) is 5.63. The van der Waals surface area contributed by atoms with Gasteiger partial charge in [0.2, 0.25) is 11.8 Å². The molecule has 2 heterocycles. The number of anilines is 1. The Morgan fingerprint density at radius 2 is 1.94 bits per heavy atom. The van der Waals surface area contributed by atoms with E-state index in [4.69, 9.17) is 4.74 Å². The molecule has 0 atom stereocenters. The van der Waals surface area contributed by atoms with Crippen LogP contribution in [0.3, 0.4) is 0 Å². The monoisotopic (exact) mass is 459 g/mol. The highest BCUT2D eigenvalue weighted by atomic mass is 32.2. The van der Waals surface area contributed by atoms with E-state index < -0.39 is 15.4 Å². The van der Waals surface area contributed by atoms with Gasteiger partial charge < -0.3 is 9.84 Å². The molecular formula is C22H29N5O4S. The Morgan fingerprint density at radius 1 is 1.22 bits per heavy atom. The first-order chi connectivity index (χ1) is 15.0. The van der Waals surface area contributed by atoms with E-state index in [1.807, 2.05) is 38.1 Å². The molecule has 3 rings (SSSR count). The van der Waals surface area contributed by atoms with E-state index in [1.165, 1.54) is 17.1 Å². The first kappa shape index (κ1) is 23.7. The summed E-state index contributed by atoms with van der Waals surface area (Å²) in [6.07, 6.45) is 2.64. The molecule has 2 aromatic heterocycles. The normalized spacial score (nSPS) is 12.2. The number of nitrogens with zero attached hydrogens (tertiary/aromatic N) is 4. The molecule has 0 aliphatic heterocycles. The van der Waals surface area contributed by atoms with Crippen LogP contribution in [0, 0.1) is 5.41 Å². The highest BCUT2D eigenvalue weighted by Crippen LogP contribution is 2.31. The van der Waals surface area contributed by atoms with Crippen molar-refractivity contribution in [1.82, 2.24) is 19.7 Å². The number of sulfonamides is 1. The zero-order valence-electron chi connectivity index (χ0n) is 18.9. The van der Waals surface area contributed by atoms with E-state index in [1.54, 1.807) is 13.1 Å². The van der Waals surface area contributed by atoms with Crippen molar-refractivity contribution in [2.45, 2.75) is 38.5 Å². The second-order valence-electron chi connectivity index (χ2n) is 8.72. The SMILES string of the molecule is CC(C)c1ccccc1-c1cc(OCC(C)(C)CO)nc(NS(=O)(=O)c2cnn(C)c2)n1. The van der Waals surface area contributed by atoms with Crippen LogP contribution in [0.15, 0.2) is 47.6 Å². The number of hydrogen-bond acceptors (Lipinski definition) is 7. The van der Waals surface area contributed by atoms with Gasteiger partial charge in [-0.3, -0.25) is 4.68 Å². The summed E-state index contributed by atoms with van der Waals surface area (Å²) in [6, 6.07) is 9.47. The van der Waals surface area contributed by atoms with Crippen LogP contribution in [0.25, 0.3) is 11.3 Å². The molecule has 10 heteroatoms. The maximum Gasteiger partial charge on any atom is 0.267 e. The Morgan fingerprint density at radius 3 is 2.56 bits per heavy atom. The number of ether oxygens (including phenoxy) is 1. The third-order valence-corrected chi connectivity index (χ3v) is 6.10. The molecule has 0 saturated heterocycles. The van der Waals surface area contributed by atoms with Crippen molar-refractivity contribution in [1.29, 1.82) is 0 Å². The Hall–Kier alpha value is -2.98. The summed E-state index contributed by atoms with van der Waals surface area (Å²) >= 11 is 0. The molecule has 0 aliphatic carbocycles. The van der Waals surface area contributed by atoms with E-state index in [-0.39, 0.29) is 35.9 Å². The summed E-state index contributed by atoms with van der Waals surface area (Å²) in [5.74, 6) is 0.329. The average Bonchev–Trinajstić information content (AvgIpc) is 3.19. The predicted molar refractivity (Wildman–Crippen MR) is 122 cm³/mol. The van der Waals surface area contributed by atoms with Crippen molar-refractivity contribution in [3.63, 3.8) is 0 Å². The van der Waals surface area contributed by atoms with Gasteiger partial charge in [-0.05, 0) is 11.5 Å². The molecule has 0 saturated carbocycles. The molecule has 0 fully saturated rings. The average molecular weight is 460 g/mol. The van der Waals surface area contributed by atoms with Gasteiger partial charge in [0.25, 0.3) is 10.0 Å². The van der Waals surface area contributed by atoms with Crippen molar-refractivity contribution in [2.24, 2.45) is 12.5 Å². The molecule has 3 aromatic rings. The number of aliphatic hydroxyl groups is 1. The molecule has 0 radical (unpaired) electrons. The molecule has 0 amide bonds. The van der Waals surface area contributed by atoms with Crippen LogP contribution in [-0.2, 0) is 17.1 Å². The van der Waals surface area contributed by atoms with Gasteiger partial charge in [-0.1, -0.05) is 52.0 Å². The maximum absolute atomic E-state index is 12.8. The van der Waals surface area contributed by atoms with Crippen LogP contribution in [0.4, 0.5) is 5.95 Å². The predicted octanol–water partition coefficient (Wildman–Crippen LogP) is 3.20. The lowest BCUT2D eigenvalue weighted by Gasteiger charge is -2.22. The van der Waals surface area contributed by atoms with E-state index in [0.717, 1.165) is 11.1 Å². The van der Waals surface area contributed by atoms with Gasteiger partial charge in [-0.25, -0.2) is 18.1 Å². The van der Waals surface area contributed by atoms with Crippen LogP contribution in [0.1, 0.15) is 39.2 Å². The lowest BCUT2D eigenvalue weighted by molar-refractivity contribution is 0.0952. The topological polar surface area (TPSA) is 119 Å². The lowest BCUT2D eigenvalue weighted by Crippen LogP contribution is -2.25. The third-order valence-electron chi connectivity index (χ3n) is 4.82. The van der Waals surface area contributed by atoms with Crippen LogP contribution < -0.4 is 9.46 Å². The molecule has 32 heavy (non-hydrogen) atoms. The Bertz CT molecular complexity index is 1190. The van der Waals surface area contributed by atoms with Crippen LogP contribution >= 0.6 is 0 Å². The summed E-state index contributed by atoms with van der Waals surface area (Å²) < 4.78 is 35.2. The molecule has 9 nitrogen and oxygen atoms in total. The molecule has 1 aromatic carbocycles. The van der Waals surface area contributed by atoms with Crippen molar-refractivity contribution in [2.75, 3.05) is 17.9 Å². The molecule has 172 valence electrons. The van der Waals surface area contributed by atoms with E-state index >= 15 is 0 Å². The summed E-state index contributed by atoms with van der Waals surface area (Å²) in [4.78, 5) is 8.73. The molecular weight excluding hydrogens is 430 g/mol. The number of hydrogen-bond donors (Lipinski definition) is 2. The second-order valence-corrected chi connectivity index (χ2v) is 10.4. The van der Waals surface area contributed by atoms with Gasteiger partial charge >= 0.3 is 0 Å². The van der Waals surface area contributed by atoms with Crippen LogP contribution in [0.2, 0.25) is 0 Å². The Kier molecular flexibility index (Phi) is 6.85. The van der Waals surface area contributed by atoms with E-state index in [2.05, 4.69) is 33.6 Å². The molecule has 0 unspecified atom stereocenters. The minimum atomic E-state index is -3.94. The zero-order valence-corrected chi connectivity index (χ0v) is 19.7. The van der Waals surface area contributed by atoms with Gasteiger partial charge in [0.05, 0.1) is 25.1 Å². The summed E-state index contributed by atoms with van der Waals surface area (Å²) in [5.41, 5.74) is 1.97. The molecule has 0 aliphatic rings. The van der Waals surface area contributed by atoms with Gasteiger partial charge in [0, 0.05) is 30.3 Å². The van der Waals surface area contributed by atoms with Gasteiger partial charge in [-0.2, -0.15) is 10.1 Å². The summed E-state index contributed by atoms with van der Waals surface area (Å²) in [5, 5.41) is 13.4. The van der Waals surface area contributed by atoms with Crippen molar-refractivity contribution in [3.05, 3.63) is 48.3 Å². The summed E-state index contributed by atoms with van der Waals surface area (Å²) in [7, 11) is -2.30. The number of benzene rings is 1. The van der Waals surface area contributed by atoms with Crippen LogP contribution in [0.5, 0.6) is 5.88 Å². The standard InChI is InChI=1S/C22H29N5O4S/c1-15(2)17-8-6-7-9-18(17)19-10-20(31-14-22(3,4)13-28)25-21(24-19)26-32(29,30)16-11-23-27(5)12-16/h6-12,15,28H,13-14H2,1-5H3,(H,24,25,26). The highest BCUT2D eigenvalue weighted by molar-refractivity contribution is 7.92. The fraction of sp³-hybridized carbons (Fsp3) is 0.409. The van der Waals surface area contributed by atoms with Gasteiger partial charge in [0.15, 0.2) is 0 Å². The lowest BCUT2D eigenvalue weighted by atomic mass is 9.95. The number of nitrogens with one attached hydrogen (secondary N) is 1. The zero-order chi connectivity index (χ0) is 23.5. The maximum atomic E-state index is 12.8. The van der Waals surface area contributed by atoms with E-state index in [0.29, 0.717) is 5.69 Å². The van der Waals surface area contributed by atoms with Crippen LogP contribution in [-0.4, -0.2) is 46.5 Å². The Labute approximate surface area is 188 Å². The van der Waals surface area contributed by atoms with Crippen molar-refractivity contribution >= 4 is 16.0 Å². The summed E-state index contributed by atoms with van der Waals surface area (Å²) in [6.45, 7) is 7.99. The van der Waals surface area contributed by atoms with Gasteiger partial charge in [0.1, 0.15) is 4.90 Å². The fourth-order valence-electron chi connectivity index (χ4n) is 2.95. The number of rotatable bonds is 9. The quantitative estimate of drug-likeness (QED) is 0.504. The Balaban J connectivity index is 2.05. The largest absolute Gasteiger partial charge is 0.477 e. The minimum absolute atomic E-state index is 0.000431. The molecule has 0 spiro atoms. The number of aromatic nitrogens is 4. The first-order valence-electron chi connectivity index (χ1n) is 10.2.